The summed E-state index contributed by atoms with van der Waals surface area (Å²) < 4.78 is 0. The summed E-state index contributed by atoms with van der Waals surface area (Å²) >= 11 is 0. The fourth-order valence-electron chi connectivity index (χ4n) is 8.26. The van der Waals surface area contributed by atoms with Gasteiger partial charge in [0.25, 0.3) is 0 Å². The van der Waals surface area contributed by atoms with Crippen LogP contribution in [0.1, 0.15) is 121 Å². The highest BCUT2D eigenvalue weighted by Crippen LogP contribution is 2.66. The number of allylic oxidation sites excluding steroid dienone is 1. The van der Waals surface area contributed by atoms with E-state index in [1.54, 1.807) is 0 Å². The number of anilines is 3. The van der Waals surface area contributed by atoms with Gasteiger partial charge in [0, 0.05) is 17.1 Å². The van der Waals surface area contributed by atoms with Gasteiger partial charge in [0.2, 0.25) is 0 Å². The van der Waals surface area contributed by atoms with Crippen LogP contribution in [0, 0.1) is 6.92 Å². The highest BCUT2D eigenvalue weighted by Gasteiger charge is 2.36. The molecule has 0 saturated carbocycles. The van der Waals surface area contributed by atoms with E-state index in [4.69, 9.17) is 0 Å². The minimum Gasteiger partial charge on any atom is -0.311 e. The van der Waals surface area contributed by atoms with E-state index in [-0.39, 0.29) is 0 Å². The Morgan fingerprint density at radius 1 is 0.435 bits per heavy atom. The molecule has 0 aliphatic carbocycles. The summed E-state index contributed by atoms with van der Waals surface area (Å²) in [6.07, 6.45) is 14.1. The minimum atomic E-state index is -0.945. The van der Waals surface area contributed by atoms with Crippen LogP contribution in [-0.4, -0.2) is 15.7 Å². The zero-order valence-electron chi connectivity index (χ0n) is 39.8. The first kappa shape index (κ1) is 49.1. The van der Waals surface area contributed by atoms with Gasteiger partial charge < -0.3 is 4.90 Å². The third kappa shape index (κ3) is 13.0. The Morgan fingerprint density at radius 2 is 0.694 bits per heavy atom. The number of aryl methyl sites for hydroxylation is 1. The van der Waals surface area contributed by atoms with Crippen LogP contribution in [0.2, 0.25) is 0 Å². The van der Waals surface area contributed by atoms with Crippen molar-refractivity contribution in [3.63, 3.8) is 0 Å². The monoisotopic (exact) mass is 840 g/mol. The van der Waals surface area contributed by atoms with Gasteiger partial charge in [0.05, 0.1) is 0 Å². The van der Waals surface area contributed by atoms with Crippen LogP contribution in [0.5, 0.6) is 0 Å². The molecule has 0 fully saturated rings. The van der Waals surface area contributed by atoms with Gasteiger partial charge in [0.15, 0.2) is 0 Å². The van der Waals surface area contributed by atoms with Gasteiger partial charge in [-0.25, -0.2) is 10.0 Å². The number of nitrogens with zero attached hydrogens (tertiary/aromatic N) is 1. The van der Waals surface area contributed by atoms with Gasteiger partial charge >= 0.3 is 0 Å². The van der Waals surface area contributed by atoms with Crippen LogP contribution in [0.25, 0.3) is 36.5 Å². The minimum absolute atomic E-state index is 0.640. The summed E-state index contributed by atoms with van der Waals surface area (Å²) in [5, 5.41) is 1.92. The largest absolute Gasteiger partial charge is 0.311 e. The third-order valence-corrected chi connectivity index (χ3v) is 16.8. The molecule has 0 spiro atoms. The van der Waals surface area contributed by atoms with Crippen molar-refractivity contribution >= 4 is 63.5 Å². The maximum Gasteiger partial charge on any atom is 0.0462 e. The van der Waals surface area contributed by atoms with Crippen molar-refractivity contribution in [2.75, 3.05) is 4.90 Å². The fourth-order valence-corrected chi connectivity index (χ4v) is 13.8. The van der Waals surface area contributed by atoms with Gasteiger partial charge in [-0.2, -0.15) is 0 Å². The molecule has 62 heavy (non-hydrogen) atoms. The lowest BCUT2D eigenvalue weighted by Gasteiger charge is -2.51. The molecule has 0 bridgehead atoms. The molecular formula is C60H73NS. The smallest absolute Gasteiger partial charge is 0.0462 e. The van der Waals surface area contributed by atoms with Crippen molar-refractivity contribution in [2.24, 2.45) is 0 Å². The Kier molecular flexibility index (Phi) is 19.1. The lowest BCUT2D eigenvalue weighted by atomic mass is 10.0. The van der Waals surface area contributed by atoms with E-state index >= 15 is 0 Å². The molecule has 0 unspecified atom stereocenters. The van der Waals surface area contributed by atoms with Crippen molar-refractivity contribution in [1.29, 1.82) is 0 Å². The first-order chi connectivity index (χ1) is 29.9. The molecule has 6 aromatic carbocycles. The first-order valence-corrected chi connectivity index (χ1v) is 24.6. The van der Waals surface area contributed by atoms with Crippen molar-refractivity contribution in [1.82, 2.24) is 0 Å². The van der Waals surface area contributed by atoms with Gasteiger partial charge in [-0.15, -0.1) is 0 Å². The molecule has 0 N–H and O–H groups in total. The normalized spacial score (nSPS) is 11.9. The second-order valence-electron chi connectivity index (χ2n) is 16.4. The third-order valence-electron chi connectivity index (χ3n) is 11.0. The van der Waals surface area contributed by atoms with Crippen LogP contribution in [0.15, 0.2) is 163 Å². The average molecular weight is 840 g/mol. The molecule has 0 aliphatic heterocycles. The molecule has 0 aliphatic rings. The Morgan fingerprint density at radius 3 is 0.968 bits per heavy atom. The van der Waals surface area contributed by atoms with Crippen molar-refractivity contribution in [2.45, 2.75) is 110 Å². The summed E-state index contributed by atoms with van der Waals surface area (Å²) in [6, 6.07) is 53.3. The first-order valence-electron chi connectivity index (χ1n) is 22.8. The van der Waals surface area contributed by atoms with E-state index in [1.807, 2.05) is 27.7 Å². The number of benzene rings is 6. The Labute approximate surface area is 379 Å². The maximum atomic E-state index is 4.05. The molecule has 0 saturated heterocycles. The zero-order chi connectivity index (χ0) is 45.2. The van der Waals surface area contributed by atoms with Gasteiger partial charge in [-0.3, -0.25) is 0 Å². The Balaban J connectivity index is 0.00000205. The number of rotatable bonds is 15. The van der Waals surface area contributed by atoms with Crippen LogP contribution in [0.4, 0.5) is 17.1 Å². The molecule has 1 nitrogen and oxygen atoms in total. The average Bonchev–Trinajstić information content (AvgIpc) is 3.28. The van der Waals surface area contributed by atoms with Gasteiger partial charge in [-0.1, -0.05) is 220 Å². The molecule has 0 aromatic heterocycles. The topological polar surface area (TPSA) is 3.24 Å². The lowest BCUT2D eigenvalue weighted by Crippen LogP contribution is -2.28. The van der Waals surface area contributed by atoms with E-state index < -0.39 is 10.0 Å². The van der Waals surface area contributed by atoms with Crippen molar-refractivity contribution in [3.8, 4) is 0 Å². The lowest BCUT2D eigenvalue weighted by molar-refractivity contribution is 0.935. The molecule has 0 heterocycles. The number of hydrogen-bond donors (Lipinski definition) is 0. The van der Waals surface area contributed by atoms with E-state index in [0.29, 0.717) is 15.7 Å². The Hall–Kier alpha value is -5.57. The molecule has 0 amide bonds. The number of hydrogen-bond acceptors (Lipinski definition) is 1. The molecule has 324 valence electrons. The summed E-state index contributed by atoms with van der Waals surface area (Å²) in [6.45, 7) is 30.7. The van der Waals surface area contributed by atoms with Crippen LogP contribution >= 0.6 is 10.0 Å². The van der Waals surface area contributed by atoms with Crippen LogP contribution < -0.4 is 4.90 Å². The quantitative estimate of drug-likeness (QED) is 0.0735. The highest BCUT2D eigenvalue weighted by atomic mass is 32.3. The van der Waals surface area contributed by atoms with Crippen LogP contribution in [-0.2, 0) is 6.42 Å². The highest BCUT2D eigenvalue weighted by molar-refractivity contribution is 8.35. The van der Waals surface area contributed by atoms with E-state index in [0.717, 1.165) is 34.6 Å². The maximum absolute atomic E-state index is 4.05. The SMILES string of the molecule is C=C(C)Cc1ccc(/C=C/c2ccc(N(c3ccc(/C=C/c4ccc(C)cc4)cc3)c3ccc(/C=C/c4ccc(S(C(C)C)(C(C)C)C(C)C)cc4)cc3)cc2)cc1.CC.CC. The molecule has 0 atom stereocenters. The second-order valence-corrected chi connectivity index (χ2v) is 21.2. The zero-order valence-corrected chi connectivity index (χ0v) is 40.6. The van der Waals surface area contributed by atoms with E-state index in [2.05, 4.69) is 249 Å². The van der Waals surface area contributed by atoms with Crippen molar-refractivity contribution in [3.05, 3.63) is 202 Å². The molecular weight excluding hydrogens is 767 g/mol. The van der Waals surface area contributed by atoms with Gasteiger partial charge in [0.1, 0.15) is 0 Å². The summed E-state index contributed by atoms with van der Waals surface area (Å²) in [5.74, 6) is 0. The molecule has 6 aromatic rings. The summed E-state index contributed by atoms with van der Waals surface area (Å²) in [5.41, 5.74) is 14.2. The van der Waals surface area contributed by atoms with Gasteiger partial charge in [-0.05, 0) is 128 Å². The molecule has 6 rings (SSSR count). The fraction of sp³-hybridized carbons (Fsp3) is 0.267. The molecule has 2 heteroatoms. The second kappa shape index (κ2) is 24.2. The molecule has 0 radical (unpaired) electrons. The summed E-state index contributed by atoms with van der Waals surface area (Å²) in [7, 11) is -0.945. The van der Waals surface area contributed by atoms with E-state index in [9.17, 15) is 0 Å². The summed E-state index contributed by atoms with van der Waals surface area (Å²) in [4.78, 5) is 3.86. The standard InChI is InChI=1S/C56H61NS.2C2H6/c1-41(2)40-52-22-20-47(21-23-52)15-17-49-26-34-54(35-27-49)57(53-32-24-48(25-33-53)16-14-46-12-10-45(9)11-13-46)55-36-28-50(29-37-55)18-19-51-30-38-56(39-31-51)58(42(3)4,43(5)6)44(7)8;2*1-2/h10-39,42-44H,1,40H2,2-9H3;2*1-2H3/b16-14+,17-15+,19-18+;;. The Bertz CT molecular complexity index is 2300. The van der Waals surface area contributed by atoms with Crippen molar-refractivity contribution < 1.29 is 0 Å². The van der Waals surface area contributed by atoms with Crippen LogP contribution in [0.3, 0.4) is 0 Å². The van der Waals surface area contributed by atoms with E-state index in [1.165, 1.54) is 43.8 Å². The predicted molar refractivity (Wildman–Crippen MR) is 284 cm³/mol. The predicted octanol–water partition coefficient (Wildman–Crippen LogP) is 18.5.